The third-order valence-electron chi connectivity index (χ3n) is 4.60. The highest BCUT2D eigenvalue weighted by Gasteiger charge is 2.30. The maximum absolute atomic E-state index is 13.5. The molecule has 30 heavy (non-hydrogen) atoms. The van der Waals surface area contributed by atoms with Gasteiger partial charge >= 0.3 is 6.18 Å². The Morgan fingerprint density at radius 3 is 2.33 bits per heavy atom. The van der Waals surface area contributed by atoms with Crippen LogP contribution in [0.2, 0.25) is 0 Å². The van der Waals surface area contributed by atoms with Crippen LogP contribution < -0.4 is 4.90 Å². The molecule has 2 aromatic rings. The fourth-order valence-corrected chi connectivity index (χ4v) is 2.86. The van der Waals surface area contributed by atoms with Gasteiger partial charge in [0.15, 0.2) is 11.6 Å². The van der Waals surface area contributed by atoms with Crippen LogP contribution in [0.5, 0.6) is 0 Å². The van der Waals surface area contributed by atoms with Gasteiger partial charge in [-0.05, 0) is 42.5 Å². The van der Waals surface area contributed by atoms with E-state index in [0.29, 0.717) is 5.71 Å². The van der Waals surface area contributed by atoms with Crippen LogP contribution in [0.25, 0.3) is 0 Å². The van der Waals surface area contributed by atoms with Gasteiger partial charge in [0.25, 0.3) is 0 Å². The molecule has 10 heteroatoms. The summed E-state index contributed by atoms with van der Waals surface area (Å²) in [4.78, 5) is 25.7. The molecule has 3 rings (SSSR count). The van der Waals surface area contributed by atoms with Crippen molar-refractivity contribution in [2.24, 2.45) is 5.10 Å². The zero-order chi connectivity index (χ0) is 22.1. The Labute approximate surface area is 168 Å². The highest BCUT2D eigenvalue weighted by atomic mass is 19.4. The quantitative estimate of drug-likeness (QED) is 0.696. The van der Waals surface area contributed by atoms with Crippen LogP contribution in [0.4, 0.5) is 27.6 Å². The number of carbonyl (C=O) groups excluding carboxylic acids is 2. The summed E-state index contributed by atoms with van der Waals surface area (Å²) in [5, 5.41) is 5.00. The molecule has 0 N–H and O–H groups in total. The number of hydrogen-bond acceptors (Lipinski definition) is 3. The van der Waals surface area contributed by atoms with Crippen LogP contribution in [0.1, 0.15) is 24.0 Å². The predicted molar refractivity (Wildman–Crippen MR) is 98.7 cm³/mol. The van der Waals surface area contributed by atoms with Crippen molar-refractivity contribution in [2.45, 2.75) is 19.0 Å². The number of anilines is 1. The summed E-state index contributed by atoms with van der Waals surface area (Å²) >= 11 is 0. The zero-order valence-electron chi connectivity index (χ0n) is 15.7. The van der Waals surface area contributed by atoms with E-state index in [1.807, 2.05) is 0 Å². The molecule has 1 aliphatic rings. The topological polar surface area (TPSA) is 53.0 Å². The number of hydrazone groups is 1. The molecule has 0 bridgehead atoms. The van der Waals surface area contributed by atoms with Crippen molar-refractivity contribution in [3.8, 4) is 0 Å². The molecule has 0 radical (unpaired) electrons. The molecular formula is C20H16F5N3O2. The lowest BCUT2D eigenvalue weighted by Gasteiger charge is -2.26. The lowest BCUT2D eigenvalue weighted by atomic mass is 10.0. The summed E-state index contributed by atoms with van der Waals surface area (Å²) < 4.78 is 64.6. The van der Waals surface area contributed by atoms with Crippen molar-refractivity contribution in [3.63, 3.8) is 0 Å². The van der Waals surface area contributed by atoms with E-state index in [4.69, 9.17) is 0 Å². The van der Waals surface area contributed by atoms with Crippen LogP contribution in [0.15, 0.2) is 47.6 Å². The van der Waals surface area contributed by atoms with Crippen LogP contribution >= 0.6 is 0 Å². The number of amides is 2. The van der Waals surface area contributed by atoms with E-state index < -0.39 is 41.7 Å². The van der Waals surface area contributed by atoms with Gasteiger partial charge in [-0.3, -0.25) is 9.59 Å². The van der Waals surface area contributed by atoms with Crippen LogP contribution in [0.3, 0.4) is 0 Å². The summed E-state index contributed by atoms with van der Waals surface area (Å²) in [6.07, 6.45) is -4.27. The Morgan fingerprint density at radius 2 is 1.73 bits per heavy atom. The van der Waals surface area contributed by atoms with Crippen molar-refractivity contribution in [1.82, 2.24) is 5.01 Å². The number of carbonyl (C=O) groups is 2. The number of nitrogens with zero attached hydrogens (tertiary/aromatic N) is 3. The first-order valence-corrected chi connectivity index (χ1v) is 8.83. The minimum absolute atomic E-state index is 0.0229. The first kappa shape index (κ1) is 21.4. The molecule has 2 amide bonds. The summed E-state index contributed by atoms with van der Waals surface area (Å²) in [7, 11) is 1.36. The Kier molecular flexibility index (Phi) is 5.86. The summed E-state index contributed by atoms with van der Waals surface area (Å²) in [5.41, 5.74) is -0.0326. The van der Waals surface area contributed by atoms with Crippen LogP contribution in [0, 0.1) is 11.6 Å². The third-order valence-corrected chi connectivity index (χ3v) is 4.60. The van der Waals surface area contributed by atoms with Gasteiger partial charge in [-0.1, -0.05) is 0 Å². The van der Waals surface area contributed by atoms with Gasteiger partial charge < -0.3 is 4.90 Å². The highest BCUT2D eigenvalue weighted by Crippen LogP contribution is 2.30. The van der Waals surface area contributed by atoms with E-state index in [2.05, 4.69) is 5.10 Å². The average Bonchev–Trinajstić information content (AvgIpc) is 2.70. The molecule has 0 spiro atoms. The van der Waals surface area contributed by atoms with Crippen molar-refractivity contribution < 1.29 is 31.5 Å². The molecule has 158 valence electrons. The first-order valence-electron chi connectivity index (χ1n) is 8.83. The second-order valence-corrected chi connectivity index (χ2v) is 6.62. The van der Waals surface area contributed by atoms with Crippen LogP contribution in [-0.4, -0.2) is 36.1 Å². The molecule has 0 atom stereocenters. The maximum atomic E-state index is 13.5. The highest BCUT2D eigenvalue weighted by molar-refractivity contribution is 6.05. The Balaban J connectivity index is 1.75. The minimum Gasteiger partial charge on any atom is -0.314 e. The van der Waals surface area contributed by atoms with Gasteiger partial charge in [0.2, 0.25) is 11.8 Å². The number of alkyl halides is 3. The SMILES string of the molecule is CN(C(=O)CN1N=C(c2ccc(F)c(F)c2)CCC1=O)c1ccc(C(F)(F)F)cc1. The fraction of sp³-hybridized carbons (Fsp3) is 0.250. The molecule has 1 aliphatic heterocycles. The minimum atomic E-state index is -4.49. The number of likely N-dealkylation sites (N-methyl/N-ethyl adjacent to an activating group) is 1. The van der Waals surface area contributed by atoms with Gasteiger partial charge in [-0.25, -0.2) is 13.8 Å². The van der Waals surface area contributed by atoms with Gasteiger partial charge in [-0.15, -0.1) is 0 Å². The van der Waals surface area contributed by atoms with E-state index >= 15 is 0 Å². The van der Waals surface area contributed by atoms with E-state index in [1.54, 1.807) is 0 Å². The van der Waals surface area contributed by atoms with Crippen LogP contribution in [-0.2, 0) is 15.8 Å². The maximum Gasteiger partial charge on any atom is 0.416 e. The second kappa shape index (κ2) is 8.21. The Bertz CT molecular complexity index is 1000. The van der Waals surface area contributed by atoms with Crippen molar-refractivity contribution in [1.29, 1.82) is 0 Å². The predicted octanol–water partition coefficient (Wildman–Crippen LogP) is 3.97. The Morgan fingerprint density at radius 1 is 1.07 bits per heavy atom. The lowest BCUT2D eigenvalue weighted by molar-refractivity contribution is -0.137. The molecule has 0 fully saturated rings. The van der Waals surface area contributed by atoms with E-state index in [0.717, 1.165) is 46.3 Å². The van der Waals surface area contributed by atoms with E-state index in [-0.39, 0.29) is 24.1 Å². The molecule has 0 unspecified atom stereocenters. The summed E-state index contributed by atoms with van der Waals surface area (Å²) in [5.74, 6) is -3.10. The van der Waals surface area contributed by atoms with Gasteiger partial charge in [0.05, 0.1) is 11.3 Å². The number of halogens is 5. The molecule has 0 aromatic heterocycles. The first-order chi connectivity index (χ1) is 14.1. The largest absolute Gasteiger partial charge is 0.416 e. The fourth-order valence-electron chi connectivity index (χ4n) is 2.86. The number of hydrogen-bond donors (Lipinski definition) is 0. The normalized spacial score (nSPS) is 14.5. The molecule has 2 aromatic carbocycles. The van der Waals surface area contributed by atoms with E-state index in [9.17, 15) is 31.5 Å². The smallest absolute Gasteiger partial charge is 0.314 e. The van der Waals surface area contributed by atoms with Crippen molar-refractivity contribution in [2.75, 3.05) is 18.5 Å². The molecule has 5 nitrogen and oxygen atoms in total. The van der Waals surface area contributed by atoms with E-state index in [1.165, 1.54) is 13.1 Å². The monoisotopic (exact) mass is 425 g/mol. The Hall–Kier alpha value is -3.30. The van der Waals surface area contributed by atoms with Gasteiger partial charge in [-0.2, -0.15) is 18.3 Å². The molecular weight excluding hydrogens is 409 g/mol. The lowest BCUT2D eigenvalue weighted by Crippen LogP contribution is -2.41. The molecule has 1 heterocycles. The van der Waals surface area contributed by atoms with Gasteiger partial charge in [0.1, 0.15) is 6.54 Å². The summed E-state index contributed by atoms with van der Waals surface area (Å²) in [6.45, 7) is -0.455. The van der Waals surface area contributed by atoms with Crippen molar-refractivity contribution >= 4 is 23.2 Å². The number of benzene rings is 2. The zero-order valence-corrected chi connectivity index (χ0v) is 15.7. The average molecular weight is 425 g/mol. The standard InChI is InChI=1S/C20H16F5N3O2/c1-27(14-5-3-13(4-6-14)20(23,24)25)19(30)11-28-18(29)9-8-17(26-28)12-2-7-15(21)16(22)10-12/h2-7,10H,8-9,11H2,1H3. The number of rotatable bonds is 4. The molecule has 0 saturated heterocycles. The second-order valence-electron chi connectivity index (χ2n) is 6.62. The summed E-state index contributed by atoms with van der Waals surface area (Å²) in [6, 6.07) is 7.22. The van der Waals surface area contributed by atoms with Crippen molar-refractivity contribution in [3.05, 3.63) is 65.2 Å². The third kappa shape index (κ3) is 4.64. The van der Waals surface area contributed by atoms with Gasteiger partial charge in [0, 0.05) is 31.1 Å². The molecule has 0 saturated carbocycles. The molecule has 0 aliphatic carbocycles.